The van der Waals surface area contributed by atoms with Crippen molar-refractivity contribution in [2.24, 2.45) is 0 Å². The molecule has 0 saturated carbocycles. The smallest absolute Gasteiger partial charge is 0.372 e. The molecule has 8 heteroatoms. The minimum absolute atomic E-state index is 0.189. The number of carbonyl (C=O) groups is 2. The molecule has 1 rings (SSSR count). The second-order valence-corrected chi connectivity index (χ2v) is 5.46. The van der Waals surface area contributed by atoms with E-state index in [-0.39, 0.29) is 25.5 Å². The van der Waals surface area contributed by atoms with Gasteiger partial charge in [-0.1, -0.05) is 12.1 Å². The highest BCUT2D eigenvalue weighted by Gasteiger charge is 2.27. The lowest BCUT2D eigenvalue weighted by atomic mass is 10.1. The summed E-state index contributed by atoms with van der Waals surface area (Å²) in [6, 6.07) is 5.49. The Hall–Kier alpha value is -2.09. The fourth-order valence-electron chi connectivity index (χ4n) is 1.92. The molecule has 134 valence electrons. The molecule has 0 aliphatic carbocycles. The number of nitrogens with zero attached hydrogens (tertiary/aromatic N) is 1. The lowest BCUT2D eigenvalue weighted by Gasteiger charge is -2.18. The lowest BCUT2D eigenvalue weighted by molar-refractivity contribution is -0.175. The molecule has 0 fully saturated rings. The summed E-state index contributed by atoms with van der Waals surface area (Å²) in [7, 11) is 1.41. The largest absolute Gasteiger partial charge is 0.411 e. The van der Waals surface area contributed by atoms with Gasteiger partial charge >= 0.3 is 6.18 Å². The van der Waals surface area contributed by atoms with Crippen LogP contribution in [0, 0.1) is 13.8 Å². The third kappa shape index (κ3) is 6.99. The van der Waals surface area contributed by atoms with Gasteiger partial charge < -0.3 is 15.0 Å². The van der Waals surface area contributed by atoms with Crippen LogP contribution in [-0.4, -0.2) is 49.7 Å². The third-order valence-electron chi connectivity index (χ3n) is 3.41. The zero-order valence-electron chi connectivity index (χ0n) is 13.9. The maximum absolute atomic E-state index is 12.0. The number of hydrogen-bond acceptors (Lipinski definition) is 3. The number of halogens is 3. The van der Waals surface area contributed by atoms with Gasteiger partial charge in [-0.15, -0.1) is 0 Å². The molecule has 0 spiro atoms. The summed E-state index contributed by atoms with van der Waals surface area (Å²) in [5.74, 6) is -0.843. The van der Waals surface area contributed by atoms with Crippen LogP contribution in [0.2, 0.25) is 0 Å². The van der Waals surface area contributed by atoms with Gasteiger partial charge in [0.1, 0.15) is 6.61 Å². The fourth-order valence-corrected chi connectivity index (χ4v) is 1.92. The molecule has 0 aliphatic rings. The molecule has 0 radical (unpaired) electrons. The summed E-state index contributed by atoms with van der Waals surface area (Å²) < 4.78 is 40.1. The maximum atomic E-state index is 12.0. The van der Waals surface area contributed by atoms with Crippen molar-refractivity contribution in [2.45, 2.75) is 26.4 Å². The number of aryl methyl sites for hydroxylation is 1. The average Bonchev–Trinajstić information content (AvgIpc) is 2.47. The Morgan fingerprint density at radius 1 is 1.25 bits per heavy atom. The summed E-state index contributed by atoms with van der Waals surface area (Å²) in [6.45, 7) is 1.86. The number of amides is 2. The number of ether oxygens (including phenoxy) is 1. The molecule has 1 N–H and O–H groups in total. The molecular weight excluding hydrogens is 325 g/mol. The van der Waals surface area contributed by atoms with Crippen LogP contribution in [0.3, 0.4) is 0 Å². The lowest BCUT2D eigenvalue weighted by Crippen LogP contribution is -2.35. The highest BCUT2D eigenvalue weighted by molar-refractivity contribution is 5.95. The molecule has 0 aliphatic heterocycles. The molecule has 5 nitrogen and oxygen atoms in total. The van der Waals surface area contributed by atoms with Gasteiger partial charge in [0.25, 0.3) is 0 Å². The normalized spacial score (nSPS) is 11.2. The van der Waals surface area contributed by atoms with Crippen molar-refractivity contribution in [3.05, 3.63) is 29.3 Å². The Bertz CT molecular complexity index is 588. The van der Waals surface area contributed by atoms with Crippen LogP contribution in [0.25, 0.3) is 0 Å². The molecule has 0 atom stereocenters. The van der Waals surface area contributed by atoms with E-state index < -0.39 is 18.7 Å². The number of benzene rings is 1. The number of hydrogen-bond donors (Lipinski definition) is 1. The Labute approximate surface area is 138 Å². The highest BCUT2D eigenvalue weighted by atomic mass is 19.4. The Kier molecular flexibility index (Phi) is 7.21. The molecule has 0 aromatic heterocycles. The third-order valence-corrected chi connectivity index (χ3v) is 3.41. The first kappa shape index (κ1) is 20.0. The highest BCUT2D eigenvalue weighted by Crippen LogP contribution is 2.18. The van der Waals surface area contributed by atoms with E-state index in [1.54, 1.807) is 6.07 Å². The number of rotatable bonds is 7. The number of carbonyl (C=O) groups excluding carboxylic acids is 2. The summed E-state index contributed by atoms with van der Waals surface area (Å²) in [5, 5.41) is 2.71. The Morgan fingerprint density at radius 2 is 1.92 bits per heavy atom. The van der Waals surface area contributed by atoms with Crippen LogP contribution in [0.1, 0.15) is 17.5 Å². The van der Waals surface area contributed by atoms with Gasteiger partial charge in [-0.2, -0.15) is 13.2 Å². The topological polar surface area (TPSA) is 58.6 Å². The van der Waals surface area contributed by atoms with Gasteiger partial charge in [0, 0.05) is 12.7 Å². The number of likely N-dealkylation sites (N-methyl/N-ethyl adjacent to an activating group) is 1. The monoisotopic (exact) mass is 346 g/mol. The number of anilines is 1. The van der Waals surface area contributed by atoms with Crippen LogP contribution < -0.4 is 5.32 Å². The second kappa shape index (κ2) is 8.68. The first-order valence-electron chi connectivity index (χ1n) is 7.34. The average molecular weight is 346 g/mol. The molecule has 0 heterocycles. The van der Waals surface area contributed by atoms with E-state index in [1.165, 1.54) is 7.05 Å². The van der Waals surface area contributed by atoms with Crippen LogP contribution in [0.4, 0.5) is 18.9 Å². The van der Waals surface area contributed by atoms with Crippen molar-refractivity contribution in [1.82, 2.24) is 4.90 Å². The summed E-state index contributed by atoms with van der Waals surface area (Å²) >= 11 is 0. The molecule has 2 amide bonds. The van der Waals surface area contributed by atoms with E-state index in [9.17, 15) is 22.8 Å². The predicted octanol–water partition coefficient (Wildman–Crippen LogP) is 2.67. The van der Waals surface area contributed by atoms with E-state index in [0.717, 1.165) is 16.0 Å². The van der Waals surface area contributed by atoms with Gasteiger partial charge in [0.15, 0.2) is 0 Å². The SMILES string of the molecule is Cc1cccc(NC(=O)CN(C)C(=O)CCOCC(F)(F)F)c1C. The fraction of sp³-hybridized carbons (Fsp3) is 0.500. The summed E-state index contributed by atoms with van der Waals surface area (Å²) in [5.41, 5.74) is 2.62. The van der Waals surface area contributed by atoms with Crippen LogP contribution in [-0.2, 0) is 14.3 Å². The predicted molar refractivity (Wildman–Crippen MR) is 83.7 cm³/mol. The quantitative estimate of drug-likeness (QED) is 0.772. The van der Waals surface area contributed by atoms with Gasteiger partial charge in [0.2, 0.25) is 11.8 Å². The van der Waals surface area contributed by atoms with Crippen molar-refractivity contribution in [2.75, 3.05) is 32.1 Å². The van der Waals surface area contributed by atoms with Crippen LogP contribution >= 0.6 is 0 Å². The zero-order valence-corrected chi connectivity index (χ0v) is 13.9. The summed E-state index contributed by atoms with van der Waals surface area (Å²) in [4.78, 5) is 24.9. The van der Waals surface area contributed by atoms with E-state index in [1.807, 2.05) is 26.0 Å². The standard InChI is InChI=1S/C16H21F3N2O3/c1-11-5-4-6-13(12(11)2)20-14(22)9-21(3)15(23)7-8-24-10-16(17,18)19/h4-6H,7-10H2,1-3H3,(H,20,22). The van der Waals surface area contributed by atoms with Crippen molar-refractivity contribution in [3.8, 4) is 0 Å². The van der Waals surface area contributed by atoms with Crippen LogP contribution in [0.5, 0.6) is 0 Å². The van der Waals surface area contributed by atoms with Crippen molar-refractivity contribution >= 4 is 17.5 Å². The molecule has 1 aromatic rings. The van der Waals surface area contributed by atoms with Crippen molar-refractivity contribution < 1.29 is 27.5 Å². The van der Waals surface area contributed by atoms with E-state index in [4.69, 9.17) is 0 Å². The van der Waals surface area contributed by atoms with Gasteiger partial charge in [0.05, 0.1) is 19.6 Å². The molecule has 1 aromatic carbocycles. The second-order valence-electron chi connectivity index (χ2n) is 5.46. The molecule has 0 saturated heterocycles. The van der Waals surface area contributed by atoms with Gasteiger partial charge in [-0.25, -0.2) is 0 Å². The Morgan fingerprint density at radius 3 is 2.54 bits per heavy atom. The first-order valence-corrected chi connectivity index (χ1v) is 7.34. The molecular formula is C16H21F3N2O3. The minimum Gasteiger partial charge on any atom is -0.372 e. The molecule has 24 heavy (non-hydrogen) atoms. The maximum Gasteiger partial charge on any atom is 0.411 e. The van der Waals surface area contributed by atoms with Crippen molar-refractivity contribution in [1.29, 1.82) is 0 Å². The van der Waals surface area contributed by atoms with Crippen LogP contribution in [0.15, 0.2) is 18.2 Å². The number of alkyl halides is 3. The zero-order chi connectivity index (χ0) is 18.3. The number of nitrogens with one attached hydrogen (secondary N) is 1. The van der Waals surface area contributed by atoms with E-state index in [2.05, 4.69) is 10.1 Å². The Balaban J connectivity index is 2.40. The summed E-state index contributed by atoms with van der Waals surface area (Å²) in [6.07, 6.45) is -4.64. The van der Waals surface area contributed by atoms with E-state index >= 15 is 0 Å². The molecule has 0 bridgehead atoms. The van der Waals surface area contributed by atoms with Gasteiger partial charge in [-0.05, 0) is 31.0 Å². The van der Waals surface area contributed by atoms with E-state index in [0.29, 0.717) is 5.69 Å². The minimum atomic E-state index is -4.42. The first-order chi connectivity index (χ1) is 11.1. The molecule has 0 unspecified atom stereocenters. The van der Waals surface area contributed by atoms with Crippen molar-refractivity contribution in [3.63, 3.8) is 0 Å². The van der Waals surface area contributed by atoms with Gasteiger partial charge in [-0.3, -0.25) is 9.59 Å².